The first-order valence-corrected chi connectivity index (χ1v) is 10.2. The summed E-state index contributed by atoms with van der Waals surface area (Å²) >= 11 is 0. The summed E-state index contributed by atoms with van der Waals surface area (Å²) in [4.78, 5) is 23.3. The fourth-order valence-corrected chi connectivity index (χ4v) is 3.18. The second-order valence-corrected chi connectivity index (χ2v) is 9.87. The molecule has 0 bridgehead atoms. The van der Waals surface area contributed by atoms with Crippen LogP contribution in [0.15, 0.2) is 22.7 Å². The molecule has 166 valence electrons. The molecule has 0 aliphatic heterocycles. The van der Waals surface area contributed by atoms with Crippen LogP contribution < -0.4 is 5.32 Å². The van der Waals surface area contributed by atoms with Gasteiger partial charge in [-0.2, -0.15) is 5.26 Å². The maximum Gasteiger partial charge on any atom is 0.222 e. The van der Waals surface area contributed by atoms with Gasteiger partial charge in [-0.25, -0.2) is 0 Å². The van der Waals surface area contributed by atoms with Crippen molar-refractivity contribution >= 4 is 11.7 Å². The van der Waals surface area contributed by atoms with Crippen molar-refractivity contribution in [1.82, 2.24) is 10.5 Å². The number of nitrogens with one attached hydrogen (secondary N) is 1. The highest BCUT2D eigenvalue weighted by Crippen LogP contribution is 2.41. The number of nitriles is 1. The average Bonchev–Trinajstić information content (AvgIpc) is 3.11. The maximum absolute atomic E-state index is 12.0. The smallest absolute Gasteiger partial charge is 0.222 e. The summed E-state index contributed by atoms with van der Waals surface area (Å²) < 4.78 is 5.37. The van der Waals surface area contributed by atoms with E-state index >= 15 is 0 Å². The van der Waals surface area contributed by atoms with Crippen LogP contribution in [0.25, 0.3) is 11.3 Å². The number of aromatic nitrogens is 1. The number of nitrogens with zero attached hydrogens (tertiary/aromatic N) is 2. The van der Waals surface area contributed by atoms with Crippen LogP contribution in [0.4, 0.5) is 0 Å². The molecule has 0 spiro atoms. The second-order valence-electron chi connectivity index (χ2n) is 9.87. The molecule has 2 N–H and O–H groups in total. The third-order valence-electron chi connectivity index (χ3n) is 5.08. The monoisotopic (exact) mass is 425 g/mol. The normalized spacial score (nSPS) is 12.8. The fraction of sp³-hybridized carbons (Fsp3) is 0.500. The Morgan fingerprint density at radius 1 is 1.13 bits per heavy atom. The summed E-state index contributed by atoms with van der Waals surface area (Å²) in [6.07, 6.45) is -0.186. The fourth-order valence-electron chi connectivity index (χ4n) is 3.18. The Labute approximate surface area is 183 Å². The largest absolute Gasteiger partial charge is 0.507 e. The van der Waals surface area contributed by atoms with Crippen molar-refractivity contribution < 1.29 is 19.2 Å². The number of hydrogen-bond acceptors (Lipinski definition) is 6. The number of carbonyl (C=O) groups excluding carboxylic acids is 2. The van der Waals surface area contributed by atoms with E-state index in [0.29, 0.717) is 11.5 Å². The maximum atomic E-state index is 12.0. The van der Waals surface area contributed by atoms with Gasteiger partial charge in [-0.3, -0.25) is 9.59 Å². The summed E-state index contributed by atoms with van der Waals surface area (Å²) in [6, 6.07) is 7.39. The molecule has 7 nitrogen and oxygen atoms in total. The third-order valence-corrected chi connectivity index (χ3v) is 5.08. The molecule has 1 aromatic heterocycles. The van der Waals surface area contributed by atoms with Crippen LogP contribution in [0, 0.1) is 17.2 Å². The Kier molecular flexibility index (Phi) is 6.95. The van der Waals surface area contributed by atoms with E-state index in [1.807, 2.05) is 59.7 Å². The van der Waals surface area contributed by atoms with E-state index < -0.39 is 11.8 Å². The minimum absolute atomic E-state index is 0.0955. The number of phenols is 1. The standard InChI is InChI=1S/C24H31N3O4/c1-14(28)16(12-25)10-21(29)26-13-17-11-20(27-31-17)15-8-18(23(2,3)4)22(30)19(9-15)24(5,6)7/h8-9,11,16,30H,10,13H2,1-7H3,(H,26,29). The van der Waals surface area contributed by atoms with Crippen molar-refractivity contribution in [2.24, 2.45) is 5.92 Å². The Morgan fingerprint density at radius 3 is 2.13 bits per heavy atom. The molecule has 0 aliphatic rings. The minimum Gasteiger partial charge on any atom is -0.507 e. The molecule has 0 radical (unpaired) electrons. The lowest BCUT2D eigenvalue weighted by Gasteiger charge is -2.28. The summed E-state index contributed by atoms with van der Waals surface area (Å²) in [7, 11) is 0. The summed E-state index contributed by atoms with van der Waals surface area (Å²) in [5, 5.41) is 26.6. The van der Waals surface area contributed by atoms with Crippen LogP contribution in [0.2, 0.25) is 0 Å². The molecule has 2 aromatic rings. The molecule has 2 rings (SSSR count). The molecular formula is C24H31N3O4. The van der Waals surface area contributed by atoms with Gasteiger partial charge in [-0.1, -0.05) is 46.7 Å². The topological polar surface area (TPSA) is 116 Å². The molecule has 1 aromatic carbocycles. The number of ketones is 1. The predicted molar refractivity (Wildman–Crippen MR) is 117 cm³/mol. The van der Waals surface area contributed by atoms with Gasteiger partial charge in [0.25, 0.3) is 0 Å². The number of phenolic OH excluding ortho intramolecular Hbond substituents is 1. The molecule has 1 heterocycles. The van der Waals surface area contributed by atoms with Crippen molar-refractivity contribution in [2.45, 2.75) is 72.3 Å². The van der Waals surface area contributed by atoms with Gasteiger partial charge >= 0.3 is 0 Å². The quantitative estimate of drug-likeness (QED) is 0.709. The van der Waals surface area contributed by atoms with Gasteiger partial charge in [0.15, 0.2) is 5.76 Å². The number of amides is 1. The van der Waals surface area contributed by atoms with E-state index in [1.54, 1.807) is 6.07 Å². The van der Waals surface area contributed by atoms with Gasteiger partial charge in [-0.05, 0) is 29.9 Å². The van der Waals surface area contributed by atoms with Crippen LogP contribution in [0.1, 0.15) is 71.8 Å². The number of carbonyl (C=O) groups is 2. The average molecular weight is 426 g/mol. The third kappa shape index (κ3) is 5.94. The zero-order valence-electron chi connectivity index (χ0n) is 19.3. The molecule has 1 unspecified atom stereocenters. The highest BCUT2D eigenvalue weighted by atomic mass is 16.5. The van der Waals surface area contributed by atoms with Crippen molar-refractivity contribution in [3.63, 3.8) is 0 Å². The van der Waals surface area contributed by atoms with Gasteiger partial charge in [0.2, 0.25) is 5.91 Å². The molecular weight excluding hydrogens is 394 g/mol. The van der Waals surface area contributed by atoms with E-state index in [4.69, 9.17) is 9.78 Å². The lowest BCUT2D eigenvalue weighted by atomic mass is 9.78. The molecule has 0 fully saturated rings. The molecule has 1 atom stereocenters. The first-order valence-electron chi connectivity index (χ1n) is 10.2. The van der Waals surface area contributed by atoms with E-state index in [9.17, 15) is 14.7 Å². The number of aromatic hydroxyl groups is 1. The van der Waals surface area contributed by atoms with Crippen LogP contribution in [-0.2, 0) is 27.0 Å². The SMILES string of the molecule is CC(=O)C(C#N)CC(=O)NCc1cc(-c2cc(C(C)(C)C)c(O)c(C(C)(C)C)c2)no1. The summed E-state index contributed by atoms with van der Waals surface area (Å²) in [6.45, 7) is 13.6. The van der Waals surface area contributed by atoms with Crippen LogP contribution >= 0.6 is 0 Å². The highest BCUT2D eigenvalue weighted by Gasteiger charge is 2.27. The summed E-state index contributed by atoms with van der Waals surface area (Å²) in [5.41, 5.74) is 2.51. The molecule has 0 saturated carbocycles. The van der Waals surface area contributed by atoms with Gasteiger partial charge in [-0.15, -0.1) is 0 Å². The Balaban J connectivity index is 2.27. The van der Waals surface area contributed by atoms with Gasteiger partial charge in [0, 0.05) is 29.2 Å². The molecule has 0 saturated heterocycles. The van der Waals surface area contributed by atoms with E-state index in [0.717, 1.165) is 16.7 Å². The van der Waals surface area contributed by atoms with Gasteiger partial charge < -0.3 is 14.9 Å². The molecule has 0 aliphatic carbocycles. The molecule has 1 amide bonds. The predicted octanol–water partition coefficient (Wildman–Crippen LogP) is 4.38. The Morgan fingerprint density at radius 2 is 1.68 bits per heavy atom. The van der Waals surface area contributed by atoms with Crippen molar-refractivity contribution in [3.8, 4) is 23.1 Å². The number of rotatable bonds is 6. The zero-order chi connectivity index (χ0) is 23.6. The van der Waals surface area contributed by atoms with Gasteiger partial charge in [0.05, 0.1) is 12.6 Å². The minimum atomic E-state index is -0.950. The summed E-state index contributed by atoms with van der Waals surface area (Å²) in [5.74, 6) is -0.959. The van der Waals surface area contributed by atoms with E-state index in [1.165, 1.54) is 6.92 Å². The second kappa shape index (κ2) is 8.93. The van der Waals surface area contributed by atoms with Crippen LogP contribution in [-0.4, -0.2) is 22.0 Å². The lowest BCUT2D eigenvalue weighted by molar-refractivity contribution is -0.126. The van der Waals surface area contributed by atoms with E-state index in [2.05, 4.69) is 10.5 Å². The number of Topliss-reactive ketones (excluding diaryl/α,β-unsaturated/α-hetero) is 1. The van der Waals surface area contributed by atoms with Crippen molar-refractivity contribution in [1.29, 1.82) is 5.26 Å². The first-order chi connectivity index (χ1) is 14.2. The van der Waals surface area contributed by atoms with Crippen molar-refractivity contribution in [3.05, 3.63) is 35.1 Å². The Hall–Kier alpha value is -3.14. The first kappa shape index (κ1) is 24.1. The van der Waals surface area contributed by atoms with E-state index in [-0.39, 0.29) is 35.3 Å². The lowest BCUT2D eigenvalue weighted by Crippen LogP contribution is -2.26. The zero-order valence-corrected chi connectivity index (χ0v) is 19.3. The molecule has 31 heavy (non-hydrogen) atoms. The van der Waals surface area contributed by atoms with Crippen molar-refractivity contribution in [2.75, 3.05) is 0 Å². The van der Waals surface area contributed by atoms with Crippen LogP contribution in [0.5, 0.6) is 5.75 Å². The Bertz CT molecular complexity index is 982. The van der Waals surface area contributed by atoms with Crippen LogP contribution in [0.3, 0.4) is 0 Å². The molecule has 7 heteroatoms. The number of benzene rings is 1. The number of hydrogen-bond donors (Lipinski definition) is 2. The highest BCUT2D eigenvalue weighted by molar-refractivity contribution is 5.87. The van der Waals surface area contributed by atoms with Gasteiger partial charge in [0.1, 0.15) is 23.1 Å².